The molecule has 1 aromatic rings. The van der Waals surface area contributed by atoms with E-state index in [1.54, 1.807) is 6.07 Å². The van der Waals surface area contributed by atoms with Crippen molar-refractivity contribution in [2.24, 2.45) is 0 Å². The van der Waals surface area contributed by atoms with Gasteiger partial charge in [-0.15, -0.1) is 0 Å². The van der Waals surface area contributed by atoms with Crippen molar-refractivity contribution in [3.05, 3.63) is 33.6 Å². The Morgan fingerprint density at radius 2 is 1.69 bits per heavy atom. The third kappa shape index (κ3) is 2.06. The molecule has 13 heavy (non-hydrogen) atoms. The Labute approximate surface area is 81.1 Å². The van der Waals surface area contributed by atoms with Gasteiger partial charge in [0.1, 0.15) is 5.82 Å². The topological polar surface area (TPSA) is 0 Å². The highest BCUT2D eigenvalue weighted by Gasteiger charge is 2.34. The number of benzene rings is 1. The van der Waals surface area contributed by atoms with Crippen LogP contribution in [0.3, 0.4) is 0 Å². The molecule has 1 aromatic carbocycles. The van der Waals surface area contributed by atoms with Crippen molar-refractivity contribution in [3.8, 4) is 0 Å². The predicted molar refractivity (Wildman–Crippen MR) is 40.3 cm³/mol. The van der Waals surface area contributed by atoms with Crippen LogP contribution in [0, 0.1) is 11.9 Å². The summed E-state index contributed by atoms with van der Waals surface area (Å²) < 4.78 is 48.7. The van der Waals surface area contributed by atoms with E-state index >= 15 is 0 Å². The Morgan fingerprint density at radius 1 is 1.15 bits per heavy atom. The van der Waals surface area contributed by atoms with Crippen molar-refractivity contribution < 1.29 is 17.6 Å². The van der Waals surface area contributed by atoms with Crippen molar-refractivity contribution in [3.63, 3.8) is 0 Å². The SMILES string of the molecule is Fc1c[c]c(C(F)(F)F)c(Cl)c1Cl. The molecule has 0 nitrogen and oxygen atoms in total. The largest absolute Gasteiger partial charge is 0.418 e. The number of rotatable bonds is 0. The van der Waals surface area contributed by atoms with Gasteiger partial charge in [0.05, 0.1) is 15.6 Å². The van der Waals surface area contributed by atoms with E-state index in [1.165, 1.54) is 0 Å². The summed E-state index contributed by atoms with van der Waals surface area (Å²) in [4.78, 5) is 0. The Balaban J connectivity index is 3.35. The summed E-state index contributed by atoms with van der Waals surface area (Å²) in [5, 5.41) is -1.61. The highest BCUT2D eigenvalue weighted by molar-refractivity contribution is 6.42. The molecule has 0 bridgehead atoms. The number of hydrogen-bond donors (Lipinski definition) is 0. The summed E-state index contributed by atoms with van der Waals surface area (Å²) in [7, 11) is 0. The molecule has 0 aliphatic heterocycles. The van der Waals surface area contributed by atoms with Crippen molar-refractivity contribution in [1.29, 1.82) is 0 Å². The van der Waals surface area contributed by atoms with Crippen molar-refractivity contribution in [1.82, 2.24) is 0 Å². The zero-order valence-electron chi connectivity index (χ0n) is 5.85. The van der Waals surface area contributed by atoms with Gasteiger partial charge in [-0.25, -0.2) is 4.39 Å². The molecular weight excluding hydrogens is 231 g/mol. The molecule has 0 atom stereocenters. The third-order valence-electron chi connectivity index (χ3n) is 1.25. The molecule has 0 spiro atoms. The van der Waals surface area contributed by atoms with Crippen LogP contribution in [0.5, 0.6) is 0 Å². The summed E-state index contributed by atoms with van der Waals surface area (Å²) in [6.07, 6.45) is -4.67. The van der Waals surface area contributed by atoms with Gasteiger partial charge in [-0.2, -0.15) is 13.2 Å². The van der Waals surface area contributed by atoms with Crippen LogP contribution in [0.2, 0.25) is 10.0 Å². The zero-order valence-corrected chi connectivity index (χ0v) is 7.36. The van der Waals surface area contributed by atoms with Crippen LogP contribution < -0.4 is 0 Å². The molecule has 1 radical (unpaired) electrons. The first kappa shape index (κ1) is 10.6. The summed E-state index contributed by atoms with van der Waals surface area (Å²) >= 11 is 10.3. The molecule has 0 aliphatic rings. The highest BCUT2D eigenvalue weighted by Crippen LogP contribution is 2.38. The molecule has 0 N–H and O–H groups in total. The monoisotopic (exact) mass is 231 g/mol. The Hall–Kier alpha value is -0.480. The van der Waals surface area contributed by atoms with E-state index in [4.69, 9.17) is 23.2 Å². The van der Waals surface area contributed by atoms with Gasteiger partial charge in [0.15, 0.2) is 0 Å². The first-order valence-electron chi connectivity index (χ1n) is 2.96. The fourth-order valence-electron chi connectivity index (χ4n) is 0.683. The third-order valence-corrected chi connectivity index (χ3v) is 2.09. The van der Waals surface area contributed by atoms with Gasteiger partial charge in [-0.3, -0.25) is 0 Å². The lowest BCUT2D eigenvalue weighted by molar-refractivity contribution is -0.137. The van der Waals surface area contributed by atoms with E-state index in [0.717, 1.165) is 0 Å². The molecule has 0 amide bonds. The molecule has 0 aliphatic carbocycles. The smallest absolute Gasteiger partial charge is 0.205 e. The lowest BCUT2D eigenvalue weighted by Gasteiger charge is -2.08. The average molecular weight is 232 g/mol. The van der Waals surface area contributed by atoms with E-state index in [9.17, 15) is 17.6 Å². The van der Waals surface area contributed by atoms with Gasteiger partial charge >= 0.3 is 6.18 Å². The van der Waals surface area contributed by atoms with Gasteiger partial charge in [0.2, 0.25) is 0 Å². The first-order chi connectivity index (χ1) is 5.84. The Bertz CT molecular complexity index is 332. The minimum Gasteiger partial charge on any atom is -0.205 e. The quantitative estimate of drug-likeness (QED) is 0.469. The van der Waals surface area contributed by atoms with Crippen LogP contribution in [0.25, 0.3) is 0 Å². The summed E-state index contributed by atoms with van der Waals surface area (Å²) in [6.45, 7) is 0. The number of alkyl halides is 3. The lowest BCUT2D eigenvalue weighted by atomic mass is 10.2. The van der Waals surface area contributed by atoms with Gasteiger partial charge in [0.25, 0.3) is 0 Å². The molecular formula is C7HCl2F4. The average Bonchev–Trinajstić information content (AvgIpc) is 1.98. The minimum absolute atomic E-state index is 0.497. The van der Waals surface area contributed by atoms with Crippen LogP contribution >= 0.6 is 23.2 Å². The Morgan fingerprint density at radius 3 is 2.15 bits per heavy atom. The van der Waals surface area contributed by atoms with E-state index < -0.39 is 27.6 Å². The second-order valence-electron chi connectivity index (χ2n) is 2.14. The van der Waals surface area contributed by atoms with Crippen LogP contribution in [-0.2, 0) is 6.18 Å². The number of halogens is 6. The molecule has 0 heterocycles. The molecule has 0 fully saturated rings. The van der Waals surface area contributed by atoms with E-state index in [0.29, 0.717) is 6.07 Å². The van der Waals surface area contributed by atoms with Crippen LogP contribution in [0.1, 0.15) is 5.56 Å². The number of hydrogen-bond acceptors (Lipinski definition) is 0. The molecule has 0 aromatic heterocycles. The van der Waals surface area contributed by atoms with E-state index in [1.807, 2.05) is 0 Å². The molecule has 0 unspecified atom stereocenters. The summed E-state index contributed by atoms with van der Waals surface area (Å²) in [5.41, 5.74) is -1.26. The minimum atomic E-state index is -4.67. The standard InChI is InChI=1S/C7HCl2F4/c8-5-3(7(11,12)13)1-2-4(10)6(5)9/h2H. The normalized spacial score (nSPS) is 11.8. The van der Waals surface area contributed by atoms with Crippen molar-refractivity contribution in [2.75, 3.05) is 0 Å². The maximum absolute atomic E-state index is 12.5. The second kappa shape index (κ2) is 3.35. The maximum atomic E-state index is 12.5. The van der Waals surface area contributed by atoms with Crippen molar-refractivity contribution >= 4 is 23.2 Å². The highest BCUT2D eigenvalue weighted by atomic mass is 35.5. The summed E-state index contributed by atoms with van der Waals surface area (Å²) in [5.74, 6) is -1.03. The zero-order chi connectivity index (χ0) is 10.2. The van der Waals surface area contributed by atoms with Crippen molar-refractivity contribution in [2.45, 2.75) is 6.18 Å². The van der Waals surface area contributed by atoms with Crippen LogP contribution in [-0.4, -0.2) is 0 Å². The Kier molecular flexibility index (Phi) is 2.73. The van der Waals surface area contributed by atoms with Crippen LogP contribution in [0.15, 0.2) is 6.07 Å². The lowest BCUT2D eigenvalue weighted by Crippen LogP contribution is -2.06. The van der Waals surface area contributed by atoms with Crippen LogP contribution in [0.4, 0.5) is 17.6 Å². The fourth-order valence-corrected chi connectivity index (χ4v) is 1.08. The van der Waals surface area contributed by atoms with E-state index in [-0.39, 0.29) is 0 Å². The van der Waals surface area contributed by atoms with Gasteiger partial charge in [0, 0.05) is 0 Å². The first-order valence-corrected chi connectivity index (χ1v) is 3.72. The van der Waals surface area contributed by atoms with Gasteiger partial charge < -0.3 is 0 Å². The second-order valence-corrected chi connectivity index (χ2v) is 2.89. The van der Waals surface area contributed by atoms with Gasteiger partial charge in [-0.1, -0.05) is 23.2 Å². The molecule has 1 rings (SSSR count). The maximum Gasteiger partial charge on any atom is 0.418 e. The molecule has 0 saturated carbocycles. The fraction of sp³-hybridized carbons (Fsp3) is 0.143. The molecule has 71 valence electrons. The summed E-state index contributed by atoms with van der Waals surface area (Å²) in [6, 6.07) is 2.17. The molecule has 6 heteroatoms. The molecule has 0 saturated heterocycles. The van der Waals surface area contributed by atoms with Gasteiger partial charge in [-0.05, 0) is 12.1 Å². The van der Waals surface area contributed by atoms with E-state index in [2.05, 4.69) is 0 Å². The predicted octanol–water partition coefficient (Wildman–Crippen LogP) is 3.95.